The van der Waals surface area contributed by atoms with Crippen molar-refractivity contribution in [2.75, 3.05) is 6.61 Å². The number of carbonyl (C=O) groups is 1. The van der Waals surface area contributed by atoms with E-state index < -0.39 is 11.5 Å². The summed E-state index contributed by atoms with van der Waals surface area (Å²) >= 11 is 0. The molecule has 0 saturated carbocycles. The number of hydrogen-bond acceptors (Lipinski definition) is 3. The van der Waals surface area contributed by atoms with E-state index in [9.17, 15) is 9.59 Å². The van der Waals surface area contributed by atoms with Gasteiger partial charge >= 0.3 is 5.97 Å². The average molecular weight is 273 g/mol. The molecule has 5 heteroatoms. The van der Waals surface area contributed by atoms with Crippen LogP contribution >= 0.6 is 0 Å². The maximum absolute atomic E-state index is 11.8. The minimum Gasteiger partial charge on any atom is -0.494 e. The highest BCUT2D eigenvalue weighted by molar-refractivity contribution is 5.86. The van der Waals surface area contributed by atoms with E-state index in [4.69, 9.17) is 9.84 Å². The first-order chi connectivity index (χ1) is 9.68. The molecule has 0 atom stereocenters. The van der Waals surface area contributed by atoms with Crippen molar-refractivity contribution in [2.45, 2.75) is 13.0 Å². The summed E-state index contributed by atoms with van der Waals surface area (Å²) in [6.45, 7) is 0.889. The lowest BCUT2D eigenvalue weighted by molar-refractivity contribution is 0.0694. The molecule has 0 amide bonds. The number of rotatable bonds is 6. The highest BCUT2D eigenvalue weighted by Gasteiger charge is 2.09. The van der Waals surface area contributed by atoms with Crippen molar-refractivity contribution >= 4 is 5.97 Å². The van der Waals surface area contributed by atoms with Crippen LogP contribution in [0.5, 0.6) is 5.75 Å². The van der Waals surface area contributed by atoms with E-state index in [2.05, 4.69) is 0 Å². The van der Waals surface area contributed by atoms with E-state index in [1.54, 1.807) is 12.3 Å². The lowest BCUT2D eigenvalue weighted by atomic mass is 10.3. The molecule has 1 heterocycles. The van der Waals surface area contributed by atoms with Crippen LogP contribution in [0.4, 0.5) is 0 Å². The largest absolute Gasteiger partial charge is 0.494 e. The van der Waals surface area contributed by atoms with Gasteiger partial charge in [0.05, 0.1) is 6.61 Å². The molecule has 0 bridgehead atoms. The van der Waals surface area contributed by atoms with Crippen molar-refractivity contribution in [2.24, 2.45) is 0 Å². The van der Waals surface area contributed by atoms with Crippen molar-refractivity contribution in [1.29, 1.82) is 0 Å². The quantitative estimate of drug-likeness (QED) is 0.817. The van der Waals surface area contributed by atoms with Crippen LogP contribution in [0.2, 0.25) is 0 Å². The summed E-state index contributed by atoms with van der Waals surface area (Å²) < 4.78 is 6.90. The second-order valence-corrected chi connectivity index (χ2v) is 4.24. The average Bonchev–Trinajstić information content (AvgIpc) is 2.46. The van der Waals surface area contributed by atoms with E-state index in [0.29, 0.717) is 19.6 Å². The van der Waals surface area contributed by atoms with Crippen LogP contribution in [-0.4, -0.2) is 22.2 Å². The normalized spacial score (nSPS) is 10.2. The molecule has 1 aromatic heterocycles. The van der Waals surface area contributed by atoms with Gasteiger partial charge in [0.2, 0.25) is 0 Å². The molecule has 0 radical (unpaired) electrons. The lowest BCUT2D eigenvalue weighted by Gasteiger charge is -2.08. The number of pyridine rings is 1. The van der Waals surface area contributed by atoms with Crippen LogP contribution in [-0.2, 0) is 6.54 Å². The van der Waals surface area contributed by atoms with Crippen LogP contribution in [0.15, 0.2) is 53.5 Å². The van der Waals surface area contributed by atoms with E-state index in [0.717, 1.165) is 5.75 Å². The molecule has 0 aliphatic carbocycles. The Kier molecular flexibility index (Phi) is 4.55. The molecule has 1 N–H and O–H groups in total. The number of ether oxygens (including phenoxy) is 1. The van der Waals surface area contributed by atoms with Gasteiger partial charge in [0.25, 0.3) is 5.56 Å². The summed E-state index contributed by atoms with van der Waals surface area (Å²) in [6, 6.07) is 12.3. The zero-order valence-electron chi connectivity index (χ0n) is 10.9. The number of aromatic nitrogens is 1. The molecule has 2 aromatic rings. The SMILES string of the molecule is O=C(O)c1cccn(CCCOc2ccccc2)c1=O. The van der Waals surface area contributed by atoms with E-state index in [1.165, 1.54) is 10.6 Å². The maximum Gasteiger partial charge on any atom is 0.341 e. The monoisotopic (exact) mass is 273 g/mol. The second-order valence-electron chi connectivity index (χ2n) is 4.24. The minimum absolute atomic E-state index is 0.212. The summed E-state index contributed by atoms with van der Waals surface area (Å²) in [5.74, 6) is -0.427. The third kappa shape index (κ3) is 3.47. The number of aryl methyl sites for hydroxylation is 1. The van der Waals surface area contributed by atoms with Crippen molar-refractivity contribution in [3.8, 4) is 5.75 Å². The fourth-order valence-electron chi connectivity index (χ4n) is 1.82. The van der Waals surface area contributed by atoms with Crippen LogP contribution in [0, 0.1) is 0 Å². The lowest BCUT2D eigenvalue weighted by Crippen LogP contribution is -2.26. The molecule has 0 aliphatic rings. The fraction of sp³-hybridized carbons (Fsp3) is 0.200. The van der Waals surface area contributed by atoms with Gasteiger partial charge in [-0.2, -0.15) is 0 Å². The Balaban J connectivity index is 1.90. The Morgan fingerprint density at radius 2 is 1.90 bits per heavy atom. The molecule has 5 nitrogen and oxygen atoms in total. The van der Waals surface area contributed by atoms with E-state index in [1.807, 2.05) is 30.3 Å². The first kappa shape index (κ1) is 13.9. The van der Waals surface area contributed by atoms with Crippen LogP contribution in [0.3, 0.4) is 0 Å². The Morgan fingerprint density at radius 3 is 2.60 bits per heavy atom. The standard InChI is InChI=1S/C15H15NO4/c17-14-13(15(18)19)8-4-9-16(14)10-5-11-20-12-6-2-1-3-7-12/h1-4,6-9H,5,10-11H2,(H,18,19). The molecular formula is C15H15NO4. The van der Waals surface area contributed by atoms with Gasteiger partial charge in [0, 0.05) is 12.7 Å². The molecule has 0 aliphatic heterocycles. The number of para-hydroxylation sites is 1. The van der Waals surface area contributed by atoms with Crippen molar-refractivity contribution < 1.29 is 14.6 Å². The summed E-state index contributed by atoms with van der Waals surface area (Å²) in [5.41, 5.74) is -0.698. The van der Waals surface area contributed by atoms with Gasteiger partial charge in [-0.15, -0.1) is 0 Å². The van der Waals surface area contributed by atoms with Crippen LogP contribution in [0.25, 0.3) is 0 Å². The second kappa shape index (κ2) is 6.56. The third-order valence-electron chi connectivity index (χ3n) is 2.81. The third-order valence-corrected chi connectivity index (χ3v) is 2.81. The van der Waals surface area contributed by atoms with Crippen LogP contribution < -0.4 is 10.3 Å². The molecule has 20 heavy (non-hydrogen) atoms. The number of nitrogens with zero attached hydrogens (tertiary/aromatic N) is 1. The molecule has 1 aromatic carbocycles. The zero-order chi connectivity index (χ0) is 14.4. The van der Waals surface area contributed by atoms with Gasteiger partial charge in [-0.1, -0.05) is 18.2 Å². The molecular weight excluding hydrogens is 258 g/mol. The van der Waals surface area contributed by atoms with Crippen molar-refractivity contribution in [3.05, 3.63) is 64.6 Å². The fourth-order valence-corrected chi connectivity index (χ4v) is 1.82. The van der Waals surface area contributed by atoms with E-state index >= 15 is 0 Å². The summed E-state index contributed by atoms with van der Waals surface area (Å²) in [7, 11) is 0. The molecule has 2 rings (SSSR count). The Hall–Kier alpha value is -2.56. The van der Waals surface area contributed by atoms with Gasteiger partial charge in [0.1, 0.15) is 11.3 Å². The number of aromatic carboxylic acids is 1. The highest BCUT2D eigenvalue weighted by atomic mass is 16.5. The molecule has 0 spiro atoms. The minimum atomic E-state index is -1.20. The van der Waals surface area contributed by atoms with Gasteiger partial charge in [-0.05, 0) is 30.7 Å². The maximum atomic E-state index is 11.8. The van der Waals surface area contributed by atoms with Gasteiger partial charge in [-0.3, -0.25) is 4.79 Å². The van der Waals surface area contributed by atoms with Gasteiger partial charge in [0.15, 0.2) is 0 Å². The first-order valence-corrected chi connectivity index (χ1v) is 6.29. The molecule has 0 unspecified atom stereocenters. The van der Waals surface area contributed by atoms with E-state index in [-0.39, 0.29) is 5.56 Å². The Labute approximate surface area is 116 Å². The zero-order valence-corrected chi connectivity index (χ0v) is 10.9. The number of carboxylic acid groups (broad SMARTS) is 1. The van der Waals surface area contributed by atoms with Gasteiger partial charge < -0.3 is 14.4 Å². The number of hydrogen-bond donors (Lipinski definition) is 1. The topological polar surface area (TPSA) is 68.5 Å². The van der Waals surface area contributed by atoms with Crippen molar-refractivity contribution in [3.63, 3.8) is 0 Å². The first-order valence-electron chi connectivity index (χ1n) is 6.29. The highest BCUT2D eigenvalue weighted by Crippen LogP contribution is 2.08. The van der Waals surface area contributed by atoms with Gasteiger partial charge in [-0.25, -0.2) is 4.79 Å². The summed E-state index contributed by atoms with van der Waals surface area (Å²) in [5, 5.41) is 8.87. The predicted molar refractivity (Wildman–Crippen MR) is 74.2 cm³/mol. The van der Waals surface area contributed by atoms with Crippen molar-refractivity contribution in [1.82, 2.24) is 4.57 Å². The molecule has 0 fully saturated rings. The number of benzene rings is 1. The Morgan fingerprint density at radius 1 is 1.15 bits per heavy atom. The van der Waals surface area contributed by atoms with Crippen LogP contribution in [0.1, 0.15) is 16.8 Å². The Bertz CT molecular complexity index is 634. The molecule has 0 saturated heterocycles. The predicted octanol–water partition coefficient (Wildman–Crippen LogP) is 2.02. The number of carboxylic acids is 1. The summed E-state index contributed by atoms with van der Waals surface area (Å²) in [4.78, 5) is 22.7. The smallest absolute Gasteiger partial charge is 0.341 e. The summed E-state index contributed by atoms with van der Waals surface area (Å²) in [6.07, 6.45) is 2.20. The molecule has 104 valence electrons.